The maximum absolute atomic E-state index is 13.7. The molecule has 20 heavy (non-hydrogen) atoms. The third-order valence-corrected chi connectivity index (χ3v) is 3.41. The molecule has 0 amide bonds. The van der Waals surface area contributed by atoms with Crippen molar-refractivity contribution in [3.8, 4) is 5.75 Å². The monoisotopic (exact) mass is 294 g/mol. The smallest absolute Gasteiger partial charge is 0.131 e. The Morgan fingerprint density at radius 1 is 1.30 bits per heavy atom. The number of hydrogen-bond acceptors (Lipinski definition) is 2. The van der Waals surface area contributed by atoms with Gasteiger partial charge in [-0.2, -0.15) is 0 Å². The summed E-state index contributed by atoms with van der Waals surface area (Å²) < 4.78 is 19.3. The summed E-state index contributed by atoms with van der Waals surface area (Å²) in [5.74, 6) is 0.142. The lowest BCUT2D eigenvalue weighted by Crippen LogP contribution is -2.03. The SMILES string of the molecule is Cc1ccc([C@@H](C)O)c(OCc2c(F)cccc2Cl)c1. The van der Waals surface area contributed by atoms with Gasteiger partial charge in [0.15, 0.2) is 0 Å². The number of aliphatic hydroxyl groups is 1. The van der Waals surface area contributed by atoms with Gasteiger partial charge in [-0.25, -0.2) is 4.39 Å². The van der Waals surface area contributed by atoms with Crippen molar-refractivity contribution >= 4 is 11.6 Å². The minimum absolute atomic E-state index is 0.0225. The summed E-state index contributed by atoms with van der Waals surface area (Å²) >= 11 is 5.96. The fourth-order valence-electron chi connectivity index (χ4n) is 1.93. The Kier molecular flexibility index (Phi) is 4.63. The van der Waals surface area contributed by atoms with Crippen LogP contribution in [0, 0.1) is 12.7 Å². The molecule has 1 N–H and O–H groups in total. The zero-order valence-corrected chi connectivity index (χ0v) is 12.1. The average Bonchev–Trinajstić information content (AvgIpc) is 2.37. The van der Waals surface area contributed by atoms with E-state index in [0.29, 0.717) is 21.9 Å². The second kappa shape index (κ2) is 6.25. The third kappa shape index (κ3) is 3.30. The summed E-state index contributed by atoms with van der Waals surface area (Å²) in [5.41, 5.74) is 1.99. The number of benzene rings is 2. The van der Waals surface area contributed by atoms with Gasteiger partial charge >= 0.3 is 0 Å². The minimum atomic E-state index is -0.651. The van der Waals surface area contributed by atoms with Crippen molar-refractivity contribution in [1.82, 2.24) is 0 Å². The minimum Gasteiger partial charge on any atom is -0.488 e. The largest absolute Gasteiger partial charge is 0.488 e. The van der Waals surface area contributed by atoms with Crippen LogP contribution in [0.5, 0.6) is 5.75 Å². The van der Waals surface area contributed by atoms with Crippen molar-refractivity contribution in [3.05, 3.63) is 63.9 Å². The second-order valence-corrected chi connectivity index (χ2v) is 5.11. The van der Waals surface area contributed by atoms with E-state index in [4.69, 9.17) is 16.3 Å². The number of ether oxygens (including phenoxy) is 1. The first-order valence-electron chi connectivity index (χ1n) is 6.33. The van der Waals surface area contributed by atoms with Crippen molar-refractivity contribution < 1.29 is 14.2 Å². The van der Waals surface area contributed by atoms with Gasteiger partial charge in [-0.1, -0.05) is 29.8 Å². The first-order chi connectivity index (χ1) is 9.49. The van der Waals surface area contributed by atoms with E-state index in [0.717, 1.165) is 5.56 Å². The van der Waals surface area contributed by atoms with E-state index in [9.17, 15) is 9.50 Å². The molecule has 2 nitrogen and oxygen atoms in total. The predicted octanol–water partition coefficient (Wildman–Crippen LogP) is 4.42. The summed E-state index contributed by atoms with van der Waals surface area (Å²) in [7, 11) is 0. The number of halogens is 2. The van der Waals surface area contributed by atoms with Crippen molar-refractivity contribution in [1.29, 1.82) is 0 Å². The molecule has 0 heterocycles. The molecule has 0 fully saturated rings. The number of aryl methyl sites for hydroxylation is 1. The Hall–Kier alpha value is -1.58. The van der Waals surface area contributed by atoms with Crippen molar-refractivity contribution in [2.45, 2.75) is 26.6 Å². The lowest BCUT2D eigenvalue weighted by Gasteiger charge is -2.15. The van der Waals surface area contributed by atoms with E-state index in [1.165, 1.54) is 6.07 Å². The van der Waals surface area contributed by atoms with Gasteiger partial charge in [0.25, 0.3) is 0 Å². The lowest BCUT2D eigenvalue weighted by atomic mass is 10.1. The van der Waals surface area contributed by atoms with Crippen LogP contribution in [0.3, 0.4) is 0 Å². The summed E-state index contributed by atoms with van der Waals surface area (Å²) in [4.78, 5) is 0. The Balaban J connectivity index is 2.25. The van der Waals surface area contributed by atoms with Crippen LogP contribution in [0.25, 0.3) is 0 Å². The Morgan fingerprint density at radius 2 is 2.05 bits per heavy atom. The van der Waals surface area contributed by atoms with Crippen molar-refractivity contribution in [2.75, 3.05) is 0 Å². The molecule has 0 aliphatic heterocycles. The summed E-state index contributed by atoms with van der Waals surface area (Å²) in [6.45, 7) is 3.61. The fraction of sp³-hybridized carbons (Fsp3) is 0.250. The normalized spacial score (nSPS) is 12.2. The Bertz CT molecular complexity index is 591. The number of hydrogen-bond donors (Lipinski definition) is 1. The maximum atomic E-state index is 13.7. The first kappa shape index (κ1) is 14.8. The standard InChI is InChI=1S/C16H16ClFO2/c1-10-6-7-12(11(2)19)16(8-10)20-9-13-14(17)4-3-5-15(13)18/h3-8,11,19H,9H2,1-2H3/t11-/m1/s1. The molecule has 106 valence electrons. The second-order valence-electron chi connectivity index (χ2n) is 4.71. The molecule has 0 aromatic heterocycles. The molecule has 0 unspecified atom stereocenters. The van der Waals surface area contributed by atoms with Crippen LogP contribution < -0.4 is 4.74 Å². The molecule has 0 bridgehead atoms. The van der Waals surface area contributed by atoms with E-state index in [2.05, 4.69) is 0 Å². The fourth-order valence-corrected chi connectivity index (χ4v) is 2.15. The van der Waals surface area contributed by atoms with Crippen LogP contribution in [-0.4, -0.2) is 5.11 Å². The predicted molar refractivity (Wildman–Crippen MR) is 77.6 cm³/mol. The number of aliphatic hydroxyl groups excluding tert-OH is 1. The van der Waals surface area contributed by atoms with Gasteiger partial charge in [0.2, 0.25) is 0 Å². The highest BCUT2D eigenvalue weighted by atomic mass is 35.5. The van der Waals surface area contributed by atoms with Crippen LogP contribution in [0.15, 0.2) is 36.4 Å². The van der Waals surface area contributed by atoms with Crippen LogP contribution >= 0.6 is 11.6 Å². The van der Waals surface area contributed by atoms with Gasteiger partial charge in [0.1, 0.15) is 18.2 Å². The Morgan fingerprint density at radius 3 is 2.70 bits per heavy atom. The highest BCUT2D eigenvalue weighted by molar-refractivity contribution is 6.31. The molecule has 4 heteroatoms. The van der Waals surface area contributed by atoms with Crippen LogP contribution in [0.2, 0.25) is 5.02 Å². The quantitative estimate of drug-likeness (QED) is 0.904. The molecular formula is C16H16ClFO2. The van der Waals surface area contributed by atoms with E-state index >= 15 is 0 Å². The van der Waals surface area contributed by atoms with Crippen molar-refractivity contribution in [3.63, 3.8) is 0 Å². The molecule has 0 spiro atoms. The van der Waals surface area contributed by atoms with Gasteiger partial charge in [0.05, 0.1) is 11.1 Å². The maximum Gasteiger partial charge on any atom is 0.131 e. The molecule has 2 rings (SSSR count). The lowest BCUT2D eigenvalue weighted by molar-refractivity contribution is 0.190. The van der Waals surface area contributed by atoms with E-state index < -0.39 is 11.9 Å². The Labute approximate surface area is 122 Å². The molecule has 1 atom stereocenters. The molecule has 0 saturated heterocycles. The van der Waals surface area contributed by atoms with Crippen LogP contribution in [-0.2, 0) is 6.61 Å². The molecule has 2 aromatic rings. The number of rotatable bonds is 4. The topological polar surface area (TPSA) is 29.5 Å². The summed E-state index contributed by atoms with van der Waals surface area (Å²) in [5, 5.41) is 10.1. The molecule has 0 aliphatic carbocycles. The van der Waals surface area contributed by atoms with Gasteiger partial charge in [0, 0.05) is 11.1 Å². The van der Waals surface area contributed by atoms with Crippen LogP contribution in [0.1, 0.15) is 29.7 Å². The average molecular weight is 295 g/mol. The zero-order valence-electron chi connectivity index (χ0n) is 11.4. The molecular weight excluding hydrogens is 279 g/mol. The van der Waals surface area contributed by atoms with E-state index in [1.807, 2.05) is 19.1 Å². The first-order valence-corrected chi connectivity index (χ1v) is 6.71. The zero-order chi connectivity index (χ0) is 14.7. The summed E-state index contributed by atoms with van der Waals surface area (Å²) in [6.07, 6.45) is -0.651. The van der Waals surface area contributed by atoms with Gasteiger partial charge < -0.3 is 9.84 Å². The van der Waals surface area contributed by atoms with Gasteiger partial charge in [-0.3, -0.25) is 0 Å². The van der Waals surface area contributed by atoms with Crippen molar-refractivity contribution in [2.24, 2.45) is 0 Å². The molecule has 0 radical (unpaired) electrons. The summed E-state index contributed by atoms with van der Waals surface area (Å²) in [6, 6.07) is 10.0. The molecule has 0 saturated carbocycles. The van der Waals surface area contributed by atoms with Gasteiger partial charge in [-0.15, -0.1) is 0 Å². The molecule has 2 aromatic carbocycles. The van der Waals surface area contributed by atoms with E-state index in [1.54, 1.807) is 25.1 Å². The molecule has 0 aliphatic rings. The highest BCUT2D eigenvalue weighted by Gasteiger charge is 2.12. The van der Waals surface area contributed by atoms with E-state index in [-0.39, 0.29) is 6.61 Å². The van der Waals surface area contributed by atoms with Crippen LogP contribution in [0.4, 0.5) is 4.39 Å². The van der Waals surface area contributed by atoms with Gasteiger partial charge in [-0.05, 0) is 37.6 Å². The third-order valence-electron chi connectivity index (χ3n) is 3.05. The highest BCUT2D eigenvalue weighted by Crippen LogP contribution is 2.28.